The summed E-state index contributed by atoms with van der Waals surface area (Å²) >= 11 is 3.44. The average Bonchev–Trinajstić information content (AvgIpc) is 1.72. The minimum Gasteiger partial charge on any atom is -0.0925 e. The first-order chi connectivity index (χ1) is 3.35. The highest BCUT2D eigenvalue weighted by molar-refractivity contribution is 9.09. The third kappa shape index (κ3) is 5.38. The first-order valence-corrected chi connectivity index (χ1v) is 4.03. The fourth-order valence-electron chi connectivity index (χ4n) is 0.507. The van der Waals surface area contributed by atoms with E-state index in [-0.39, 0.29) is 23.1 Å². The molecule has 0 aliphatic heterocycles. The summed E-state index contributed by atoms with van der Waals surface area (Å²) in [5.74, 6) is 0.903. The lowest BCUT2D eigenvalue weighted by Gasteiger charge is -2.04. The van der Waals surface area contributed by atoms with Crippen LogP contribution in [0.25, 0.3) is 0 Å². The number of rotatable bonds is 3. The van der Waals surface area contributed by atoms with Crippen molar-refractivity contribution in [1.29, 1.82) is 0 Å². The minimum atomic E-state index is 0. The van der Waals surface area contributed by atoms with Crippen LogP contribution in [0, 0.1) is 5.92 Å². The molecule has 0 aliphatic carbocycles. The largest absolute Gasteiger partial charge is 0.316 e. The van der Waals surface area contributed by atoms with E-state index in [2.05, 4.69) is 29.8 Å². The van der Waals surface area contributed by atoms with E-state index in [1.807, 2.05) is 0 Å². The predicted octanol–water partition coefficient (Wildman–Crippen LogP) is 1.90. The zero-order valence-electron chi connectivity index (χ0n) is 5.08. The molecule has 0 atom stereocenters. The van der Waals surface area contributed by atoms with Crippen LogP contribution in [0.3, 0.4) is 0 Å². The standard InChI is InChI=1S/C6H13Br.Mg.2H/c1-3-6(4-2)5-7;;;/h6H,3-5H2,1-2H3;;;. The third-order valence-electron chi connectivity index (χ3n) is 1.37. The van der Waals surface area contributed by atoms with Gasteiger partial charge in [-0.1, -0.05) is 42.6 Å². The van der Waals surface area contributed by atoms with Crippen LogP contribution in [0.5, 0.6) is 0 Å². The monoisotopic (exact) mass is 190 g/mol. The van der Waals surface area contributed by atoms with Gasteiger partial charge in [0.2, 0.25) is 0 Å². The smallest absolute Gasteiger partial charge is 0.0925 e. The molecule has 48 valence electrons. The molecule has 8 heavy (non-hydrogen) atoms. The van der Waals surface area contributed by atoms with E-state index in [1.54, 1.807) is 0 Å². The highest BCUT2D eigenvalue weighted by Crippen LogP contribution is 2.09. The van der Waals surface area contributed by atoms with Gasteiger partial charge < -0.3 is 0 Å². The molecule has 0 spiro atoms. The van der Waals surface area contributed by atoms with E-state index in [0.29, 0.717) is 0 Å². The maximum atomic E-state index is 3.44. The number of halogens is 1. The van der Waals surface area contributed by atoms with Gasteiger partial charge in [0, 0.05) is 5.33 Å². The molecular weight excluding hydrogens is 176 g/mol. The van der Waals surface area contributed by atoms with Crippen molar-refractivity contribution in [2.75, 3.05) is 5.33 Å². The lowest BCUT2D eigenvalue weighted by atomic mass is 10.1. The summed E-state index contributed by atoms with van der Waals surface area (Å²) < 4.78 is 0. The van der Waals surface area contributed by atoms with Crippen LogP contribution in [0.15, 0.2) is 0 Å². The van der Waals surface area contributed by atoms with Gasteiger partial charge in [0.1, 0.15) is 0 Å². The van der Waals surface area contributed by atoms with Crippen LogP contribution in [0.4, 0.5) is 0 Å². The van der Waals surface area contributed by atoms with Gasteiger partial charge in [-0.2, -0.15) is 0 Å². The SMILES string of the molecule is CCC(CC)CBr.[MgH2]. The molecular formula is C6H15BrMg. The van der Waals surface area contributed by atoms with Crippen molar-refractivity contribution in [3.05, 3.63) is 0 Å². The Morgan fingerprint density at radius 1 is 1.25 bits per heavy atom. The molecule has 0 rings (SSSR count). The normalized spacial score (nSPS) is 9.00. The van der Waals surface area contributed by atoms with E-state index in [1.165, 1.54) is 18.2 Å². The molecule has 0 saturated heterocycles. The summed E-state index contributed by atoms with van der Waals surface area (Å²) in [4.78, 5) is 0. The van der Waals surface area contributed by atoms with Gasteiger partial charge in [0.25, 0.3) is 0 Å². The lowest BCUT2D eigenvalue weighted by molar-refractivity contribution is 0.557. The van der Waals surface area contributed by atoms with Crippen molar-refractivity contribution in [3.63, 3.8) is 0 Å². The lowest BCUT2D eigenvalue weighted by Crippen LogP contribution is -1.95. The van der Waals surface area contributed by atoms with E-state index in [4.69, 9.17) is 0 Å². The third-order valence-corrected chi connectivity index (χ3v) is 2.29. The molecule has 0 unspecified atom stereocenters. The fraction of sp³-hybridized carbons (Fsp3) is 1.00. The van der Waals surface area contributed by atoms with Crippen molar-refractivity contribution >= 4 is 39.0 Å². The zero-order valence-corrected chi connectivity index (χ0v) is 6.66. The van der Waals surface area contributed by atoms with Crippen LogP contribution in [-0.2, 0) is 0 Å². The predicted molar refractivity (Wildman–Crippen MR) is 46.4 cm³/mol. The summed E-state index contributed by atoms with van der Waals surface area (Å²) in [5, 5.41) is 1.17. The molecule has 0 aromatic rings. The van der Waals surface area contributed by atoms with Gasteiger partial charge >= 0.3 is 23.1 Å². The second-order valence-electron chi connectivity index (χ2n) is 1.84. The molecule has 0 heterocycles. The topological polar surface area (TPSA) is 0 Å². The first-order valence-electron chi connectivity index (χ1n) is 2.91. The Morgan fingerprint density at radius 2 is 1.62 bits per heavy atom. The molecule has 0 aromatic heterocycles. The number of hydrogen-bond acceptors (Lipinski definition) is 0. The summed E-state index contributed by atoms with van der Waals surface area (Å²) in [7, 11) is 0. The van der Waals surface area contributed by atoms with E-state index < -0.39 is 0 Å². The molecule has 0 amide bonds. The Balaban J connectivity index is 0. The van der Waals surface area contributed by atoms with Crippen molar-refractivity contribution in [1.82, 2.24) is 0 Å². The van der Waals surface area contributed by atoms with Crippen molar-refractivity contribution in [2.45, 2.75) is 26.7 Å². The van der Waals surface area contributed by atoms with Gasteiger partial charge in [0.05, 0.1) is 0 Å². The molecule has 2 heteroatoms. The van der Waals surface area contributed by atoms with Crippen molar-refractivity contribution < 1.29 is 0 Å². The fourth-order valence-corrected chi connectivity index (χ4v) is 1.42. The quantitative estimate of drug-likeness (QED) is 0.472. The molecule has 0 bridgehead atoms. The Kier molecular flexibility index (Phi) is 12.3. The number of alkyl halides is 1. The van der Waals surface area contributed by atoms with Crippen LogP contribution < -0.4 is 0 Å². The Hall–Kier alpha value is 1.25. The van der Waals surface area contributed by atoms with Gasteiger partial charge in [0.15, 0.2) is 0 Å². The van der Waals surface area contributed by atoms with Crippen LogP contribution in [0.1, 0.15) is 26.7 Å². The Bertz CT molecular complexity index is 30.0. The Labute approximate surface area is 76.7 Å². The van der Waals surface area contributed by atoms with E-state index in [0.717, 1.165) is 5.92 Å². The van der Waals surface area contributed by atoms with Crippen molar-refractivity contribution in [2.24, 2.45) is 5.92 Å². The summed E-state index contributed by atoms with van der Waals surface area (Å²) in [6.07, 6.45) is 2.61. The van der Waals surface area contributed by atoms with Crippen LogP contribution in [0.2, 0.25) is 0 Å². The van der Waals surface area contributed by atoms with Gasteiger partial charge in [-0.15, -0.1) is 0 Å². The highest BCUT2D eigenvalue weighted by Gasteiger charge is 1.97. The zero-order chi connectivity index (χ0) is 5.70. The maximum Gasteiger partial charge on any atom is 0.316 e. The summed E-state index contributed by atoms with van der Waals surface area (Å²) in [6.45, 7) is 4.46. The highest BCUT2D eigenvalue weighted by atomic mass is 79.9. The molecule has 0 radical (unpaired) electrons. The molecule has 0 aliphatic rings. The van der Waals surface area contributed by atoms with E-state index in [9.17, 15) is 0 Å². The average molecular weight is 191 g/mol. The van der Waals surface area contributed by atoms with Gasteiger partial charge in [-0.25, -0.2) is 0 Å². The molecule has 0 fully saturated rings. The molecule has 0 nitrogen and oxygen atoms in total. The van der Waals surface area contributed by atoms with Gasteiger partial charge in [-0.05, 0) is 5.92 Å². The first kappa shape index (κ1) is 12.0. The maximum absolute atomic E-state index is 3.44. The van der Waals surface area contributed by atoms with Crippen LogP contribution in [-0.4, -0.2) is 28.4 Å². The summed E-state index contributed by atoms with van der Waals surface area (Å²) in [6, 6.07) is 0. The van der Waals surface area contributed by atoms with E-state index >= 15 is 0 Å². The summed E-state index contributed by atoms with van der Waals surface area (Å²) in [5.41, 5.74) is 0. The second kappa shape index (κ2) is 8.25. The molecule has 0 aromatic carbocycles. The molecule has 0 saturated carbocycles. The van der Waals surface area contributed by atoms with Crippen molar-refractivity contribution in [3.8, 4) is 0 Å². The minimum absolute atomic E-state index is 0. The van der Waals surface area contributed by atoms with Gasteiger partial charge in [-0.3, -0.25) is 0 Å². The Morgan fingerprint density at radius 3 is 1.62 bits per heavy atom. The molecule has 0 N–H and O–H groups in total. The second-order valence-corrected chi connectivity index (χ2v) is 2.48. The van der Waals surface area contributed by atoms with Crippen LogP contribution >= 0.6 is 15.9 Å². The number of hydrogen-bond donors (Lipinski definition) is 0.